The van der Waals surface area contributed by atoms with E-state index in [4.69, 9.17) is 9.84 Å². The Morgan fingerprint density at radius 3 is 3.00 bits per heavy atom. The number of nitrogens with zero attached hydrogens (tertiary/aromatic N) is 3. The van der Waals surface area contributed by atoms with Crippen molar-refractivity contribution in [1.82, 2.24) is 14.9 Å². The maximum Gasteiger partial charge on any atom is 0.236 e. The molecule has 16 heavy (non-hydrogen) atoms. The number of aliphatic hydroxyl groups is 1. The van der Waals surface area contributed by atoms with Crippen LogP contribution in [0.5, 0.6) is 5.88 Å². The van der Waals surface area contributed by atoms with Crippen LogP contribution < -0.4 is 4.74 Å². The van der Waals surface area contributed by atoms with Gasteiger partial charge in [-0.3, -0.25) is 9.88 Å². The molecule has 0 amide bonds. The summed E-state index contributed by atoms with van der Waals surface area (Å²) in [5.74, 6) is 0.998. The van der Waals surface area contributed by atoms with Gasteiger partial charge in [-0.2, -0.15) is 0 Å². The van der Waals surface area contributed by atoms with E-state index in [1.807, 2.05) is 0 Å². The van der Waals surface area contributed by atoms with E-state index >= 15 is 0 Å². The van der Waals surface area contributed by atoms with E-state index < -0.39 is 0 Å². The second-order valence-electron chi connectivity index (χ2n) is 4.08. The third kappa shape index (κ3) is 2.48. The van der Waals surface area contributed by atoms with Gasteiger partial charge in [0.25, 0.3) is 0 Å². The van der Waals surface area contributed by atoms with Crippen LogP contribution in [-0.2, 0) is 6.54 Å². The van der Waals surface area contributed by atoms with Crippen LogP contribution in [0.15, 0.2) is 12.4 Å². The molecular formula is C11H17N3O2. The molecule has 1 aromatic rings. The maximum atomic E-state index is 9.07. The van der Waals surface area contributed by atoms with Crippen molar-refractivity contribution < 1.29 is 9.84 Å². The molecule has 2 heterocycles. The molecule has 1 aromatic heterocycles. The normalized spacial score (nSPS) is 21.2. The summed E-state index contributed by atoms with van der Waals surface area (Å²) in [4.78, 5) is 10.7. The number of aliphatic hydroxyl groups excluding tert-OH is 1. The van der Waals surface area contributed by atoms with Gasteiger partial charge >= 0.3 is 0 Å². The molecule has 0 saturated carbocycles. The van der Waals surface area contributed by atoms with Crippen molar-refractivity contribution in [3.63, 3.8) is 0 Å². The van der Waals surface area contributed by atoms with Crippen LogP contribution in [-0.4, -0.2) is 46.8 Å². The van der Waals surface area contributed by atoms with E-state index in [0.29, 0.717) is 11.8 Å². The average molecular weight is 223 g/mol. The highest BCUT2D eigenvalue weighted by Crippen LogP contribution is 2.20. The van der Waals surface area contributed by atoms with Crippen LogP contribution in [0.2, 0.25) is 0 Å². The fraction of sp³-hybridized carbons (Fsp3) is 0.636. The second-order valence-corrected chi connectivity index (χ2v) is 4.08. The molecule has 88 valence electrons. The molecule has 0 radical (unpaired) electrons. The summed E-state index contributed by atoms with van der Waals surface area (Å²) in [6.45, 7) is 2.95. The number of aromatic nitrogens is 2. The molecular weight excluding hydrogens is 206 g/mol. The Bertz CT molecular complexity index is 346. The van der Waals surface area contributed by atoms with Gasteiger partial charge in [0, 0.05) is 32.1 Å². The van der Waals surface area contributed by atoms with Crippen molar-refractivity contribution in [1.29, 1.82) is 0 Å². The predicted molar refractivity (Wildman–Crippen MR) is 59.1 cm³/mol. The van der Waals surface area contributed by atoms with Gasteiger partial charge in [-0.25, -0.2) is 4.98 Å². The van der Waals surface area contributed by atoms with Crippen LogP contribution >= 0.6 is 0 Å². The number of likely N-dealkylation sites (tertiary alicyclic amines) is 1. The molecule has 1 saturated heterocycles. The molecule has 1 fully saturated rings. The van der Waals surface area contributed by atoms with Gasteiger partial charge in [-0.15, -0.1) is 0 Å². The lowest BCUT2D eigenvalue weighted by Gasteiger charge is -2.15. The fourth-order valence-corrected chi connectivity index (χ4v) is 2.05. The lowest BCUT2D eigenvalue weighted by atomic mass is 10.1. The fourth-order valence-electron chi connectivity index (χ4n) is 2.05. The van der Waals surface area contributed by atoms with E-state index in [1.165, 1.54) is 0 Å². The van der Waals surface area contributed by atoms with Gasteiger partial charge in [-0.05, 0) is 18.9 Å². The van der Waals surface area contributed by atoms with Crippen molar-refractivity contribution >= 4 is 0 Å². The molecule has 0 aliphatic carbocycles. The minimum absolute atomic E-state index is 0.272. The predicted octanol–water partition coefficient (Wildman–Crippen LogP) is 0.299. The van der Waals surface area contributed by atoms with Gasteiger partial charge in [0.1, 0.15) is 5.69 Å². The SMILES string of the molecule is COc1nccnc1CN1CC[C@@H](CO)C1. The summed E-state index contributed by atoms with van der Waals surface area (Å²) in [6.07, 6.45) is 4.36. The third-order valence-electron chi connectivity index (χ3n) is 2.93. The summed E-state index contributed by atoms with van der Waals surface area (Å²) in [7, 11) is 1.61. The van der Waals surface area contributed by atoms with Crippen LogP contribution in [0.4, 0.5) is 0 Å². The van der Waals surface area contributed by atoms with Gasteiger partial charge in [0.05, 0.1) is 7.11 Å². The number of ether oxygens (including phenoxy) is 1. The molecule has 5 nitrogen and oxygen atoms in total. The Morgan fingerprint density at radius 2 is 2.31 bits per heavy atom. The van der Waals surface area contributed by atoms with Crippen molar-refractivity contribution in [3.8, 4) is 5.88 Å². The second kappa shape index (κ2) is 5.23. The highest BCUT2D eigenvalue weighted by atomic mass is 16.5. The van der Waals surface area contributed by atoms with Gasteiger partial charge in [0.2, 0.25) is 5.88 Å². The Kier molecular flexibility index (Phi) is 3.69. The Balaban J connectivity index is 1.99. The molecule has 0 unspecified atom stereocenters. The lowest BCUT2D eigenvalue weighted by molar-refractivity contribution is 0.218. The summed E-state index contributed by atoms with van der Waals surface area (Å²) in [6, 6.07) is 0. The van der Waals surface area contributed by atoms with Crippen LogP contribution in [0, 0.1) is 5.92 Å². The molecule has 1 aliphatic rings. The van der Waals surface area contributed by atoms with E-state index in [9.17, 15) is 0 Å². The number of rotatable bonds is 4. The van der Waals surface area contributed by atoms with Gasteiger partial charge < -0.3 is 9.84 Å². The van der Waals surface area contributed by atoms with Crippen molar-refractivity contribution in [2.24, 2.45) is 5.92 Å². The molecule has 0 spiro atoms. The highest BCUT2D eigenvalue weighted by molar-refractivity contribution is 5.17. The third-order valence-corrected chi connectivity index (χ3v) is 2.93. The standard InChI is InChI=1S/C11H17N3O2/c1-16-11-10(12-3-4-13-11)7-14-5-2-9(6-14)8-15/h3-4,9,15H,2,5-8H2,1H3/t9-/m1/s1. The molecule has 1 aliphatic heterocycles. The van der Waals surface area contributed by atoms with E-state index in [1.54, 1.807) is 19.5 Å². The molecule has 1 atom stereocenters. The first kappa shape index (κ1) is 11.3. The monoisotopic (exact) mass is 223 g/mol. The first-order valence-electron chi connectivity index (χ1n) is 5.50. The maximum absolute atomic E-state index is 9.07. The molecule has 1 N–H and O–H groups in total. The topological polar surface area (TPSA) is 58.5 Å². The minimum atomic E-state index is 0.272. The van der Waals surface area contributed by atoms with Gasteiger partial charge in [-0.1, -0.05) is 0 Å². The number of hydrogen-bond donors (Lipinski definition) is 1. The molecule has 0 aromatic carbocycles. The zero-order valence-corrected chi connectivity index (χ0v) is 9.46. The summed E-state index contributed by atoms with van der Waals surface area (Å²) < 4.78 is 5.16. The van der Waals surface area contributed by atoms with Crippen LogP contribution in [0.25, 0.3) is 0 Å². The Labute approximate surface area is 95.1 Å². The molecule has 0 bridgehead atoms. The zero-order chi connectivity index (χ0) is 11.4. The van der Waals surface area contributed by atoms with Crippen LogP contribution in [0.1, 0.15) is 12.1 Å². The average Bonchev–Trinajstić information content (AvgIpc) is 2.77. The quantitative estimate of drug-likeness (QED) is 0.795. The Hall–Kier alpha value is -1.20. The van der Waals surface area contributed by atoms with E-state index in [-0.39, 0.29) is 6.61 Å². The van der Waals surface area contributed by atoms with Crippen molar-refractivity contribution in [2.45, 2.75) is 13.0 Å². The summed E-state index contributed by atoms with van der Waals surface area (Å²) >= 11 is 0. The Morgan fingerprint density at radius 1 is 1.50 bits per heavy atom. The zero-order valence-electron chi connectivity index (χ0n) is 9.46. The van der Waals surface area contributed by atoms with Crippen LogP contribution in [0.3, 0.4) is 0 Å². The minimum Gasteiger partial charge on any atom is -0.480 e. The first-order valence-corrected chi connectivity index (χ1v) is 5.50. The largest absolute Gasteiger partial charge is 0.480 e. The van der Waals surface area contributed by atoms with Crippen molar-refractivity contribution in [3.05, 3.63) is 18.1 Å². The molecule has 5 heteroatoms. The molecule has 2 rings (SSSR count). The van der Waals surface area contributed by atoms with E-state index in [0.717, 1.165) is 31.7 Å². The smallest absolute Gasteiger partial charge is 0.236 e. The highest BCUT2D eigenvalue weighted by Gasteiger charge is 2.23. The number of methoxy groups -OCH3 is 1. The van der Waals surface area contributed by atoms with Gasteiger partial charge in [0.15, 0.2) is 0 Å². The number of hydrogen-bond acceptors (Lipinski definition) is 5. The first-order chi connectivity index (χ1) is 7.83. The summed E-state index contributed by atoms with van der Waals surface area (Å²) in [5, 5.41) is 9.07. The lowest BCUT2D eigenvalue weighted by Crippen LogP contribution is -2.22. The van der Waals surface area contributed by atoms with Crippen molar-refractivity contribution in [2.75, 3.05) is 26.8 Å². The summed E-state index contributed by atoms with van der Waals surface area (Å²) in [5.41, 5.74) is 0.864. The van der Waals surface area contributed by atoms with E-state index in [2.05, 4.69) is 14.9 Å².